The average molecular weight is 290 g/mol. The molecule has 0 radical (unpaired) electrons. The molecule has 1 aromatic carbocycles. The maximum Gasteiger partial charge on any atom is 0.224 e. The Hall–Kier alpha value is -1.55. The topological polar surface area (TPSA) is 50.4 Å². The van der Waals surface area contributed by atoms with Crippen LogP contribution in [-0.2, 0) is 11.2 Å². The highest BCUT2D eigenvalue weighted by atomic mass is 16.5. The minimum atomic E-state index is 0.103. The molecule has 1 amide bonds. The molecule has 0 fully saturated rings. The minimum absolute atomic E-state index is 0.103. The quantitative estimate of drug-likeness (QED) is 0.723. The van der Waals surface area contributed by atoms with E-state index in [9.17, 15) is 4.79 Å². The highest BCUT2D eigenvalue weighted by Gasteiger charge is 2.14. The van der Waals surface area contributed by atoms with Crippen molar-refractivity contribution in [1.29, 1.82) is 0 Å². The standard InChI is InChI=1S/C17H26N2O2/c1-3-18-13(2)6-4-5-11-21-15-8-9-16-14(12-15)7-10-17(20)19-16/h8-9,12-13,18H,3-7,10-11H2,1-2H3,(H,19,20). The average Bonchev–Trinajstić information content (AvgIpc) is 2.47. The van der Waals surface area contributed by atoms with Gasteiger partial charge in [-0.15, -0.1) is 0 Å². The molecule has 0 bridgehead atoms. The summed E-state index contributed by atoms with van der Waals surface area (Å²) in [4.78, 5) is 11.3. The summed E-state index contributed by atoms with van der Waals surface area (Å²) in [6, 6.07) is 6.51. The number of fused-ring (bicyclic) bond motifs is 1. The van der Waals surface area contributed by atoms with Gasteiger partial charge in [-0.25, -0.2) is 0 Å². The van der Waals surface area contributed by atoms with Crippen LogP contribution in [0.4, 0.5) is 5.69 Å². The zero-order valence-electron chi connectivity index (χ0n) is 13.1. The van der Waals surface area contributed by atoms with E-state index in [1.165, 1.54) is 18.4 Å². The fourth-order valence-corrected chi connectivity index (χ4v) is 2.64. The molecule has 21 heavy (non-hydrogen) atoms. The van der Waals surface area contributed by atoms with Gasteiger partial charge in [0.05, 0.1) is 6.61 Å². The van der Waals surface area contributed by atoms with Crippen molar-refractivity contribution in [3.63, 3.8) is 0 Å². The van der Waals surface area contributed by atoms with Crippen molar-refractivity contribution in [3.8, 4) is 5.75 Å². The number of ether oxygens (including phenoxy) is 1. The first-order valence-corrected chi connectivity index (χ1v) is 7.98. The molecule has 1 heterocycles. The number of aryl methyl sites for hydroxylation is 1. The summed E-state index contributed by atoms with van der Waals surface area (Å²) in [6.45, 7) is 6.15. The number of nitrogens with one attached hydrogen (secondary N) is 2. The van der Waals surface area contributed by atoms with E-state index >= 15 is 0 Å². The van der Waals surface area contributed by atoms with E-state index in [1.807, 2.05) is 12.1 Å². The third-order valence-corrected chi connectivity index (χ3v) is 3.82. The van der Waals surface area contributed by atoms with Crippen molar-refractivity contribution < 1.29 is 9.53 Å². The Balaban J connectivity index is 1.71. The molecule has 2 N–H and O–H groups in total. The lowest BCUT2D eigenvalue weighted by Crippen LogP contribution is -2.25. The van der Waals surface area contributed by atoms with Crippen molar-refractivity contribution in [2.45, 2.75) is 52.0 Å². The van der Waals surface area contributed by atoms with Gasteiger partial charge in [-0.1, -0.05) is 6.92 Å². The van der Waals surface area contributed by atoms with Gasteiger partial charge in [0.1, 0.15) is 5.75 Å². The molecular formula is C17H26N2O2. The summed E-state index contributed by atoms with van der Waals surface area (Å²) in [5, 5.41) is 6.30. The van der Waals surface area contributed by atoms with Gasteiger partial charge in [0.15, 0.2) is 0 Å². The molecule has 0 saturated carbocycles. The van der Waals surface area contributed by atoms with Gasteiger partial charge in [0.25, 0.3) is 0 Å². The second-order valence-electron chi connectivity index (χ2n) is 5.67. The number of amides is 1. The maximum absolute atomic E-state index is 11.3. The summed E-state index contributed by atoms with van der Waals surface area (Å²) in [7, 11) is 0. The Morgan fingerprint density at radius 2 is 2.19 bits per heavy atom. The van der Waals surface area contributed by atoms with E-state index in [4.69, 9.17) is 4.74 Å². The summed E-state index contributed by atoms with van der Waals surface area (Å²) in [5.74, 6) is 1.01. The van der Waals surface area contributed by atoms with E-state index in [2.05, 4.69) is 30.5 Å². The van der Waals surface area contributed by atoms with Crippen LogP contribution >= 0.6 is 0 Å². The summed E-state index contributed by atoms with van der Waals surface area (Å²) in [6.07, 6.45) is 4.81. The highest BCUT2D eigenvalue weighted by molar-refractivity contribution is 5.93. The van der Waals surface area contributed by atoms with Crippen LogP contribution in [0.2, 0.25) is 0 Å². The number of anilines is 1. The van der Waals surface area contributed by atoms with Gasteiger partial charge in [-0.05, 0) is 62.9 Å². The minimum Gasteiger partial charge on any atom is -0.494 e. The first-order valence-electron chi connectivity index (χ1n) is 7.98. The van der Waals surface area contributed by atoms with Crippen LogP contribution in [0.15, 0.2) is 18.2 Å². The summed E-state index contributed by atoms with van der Waals surface area (Å²) >= 11 is 0. The number of hydrogen-bond acceptors (Lipinski definition) is 3. The van der Waals surface area contributed by atoms with Crippen LogP contribution in [0.25, 0.3) is 0 Å². The van der Waals surface area contributed by atoms with Gasteiger partial charge in [0.2, 0.25) is 5.91 Å². The van der Waals surface area contributed by atoms with Crippen LogP contribution in [-0.4, -0.2) is 25.1 Å². The lowest BCUT2D eigenvalue weighted by molar-refractivity contribution is -0.116. The van der Waals surface area contributed by atoms with Crippen LogP contribution in [0, 0.1) is 0 Å². The molecule has 116 valence electrons. The third kappa shape index (κ3) is 5.05. The highest BCUT2D eigenvalue weighted by Crippen LogP contribution is 2.26. The van der Waals surface area contributed by atoms with E-state index < -0.39 is 0 Å². The van der Waals surface area contributed by atoms with Crippen molar-refractivity contribution >= 4 is 11.6 Å². The van der Waals surface area contributed by atoms with E-state index in [0.29, 0.717) is 12.5 Å². The van der Waals surface area contributed by atoms with Gasteiger partial charge >= 0.3 is 0 Å². The van der Waals surface area contributed by atoms with E-state index in [0.717, 1.165) is 37.4 Å². The number of rotatable bonds is 8. The van der Waals surface area contributed by atoms with Crippen LogP contribution < -0.4 is 15.4 Å². The molecule has 1 unspecified atom stereocenters. The zero-order valence-corrected chi connectivity index (χ0v) is 13.1. The van der Waals surface area contributed by atoms with Gasteiger partial charge in [0, 0.05) is 18.2 Å². The number of unbranched alkanes of at least 4 members (excludes halogenated alkanes) is 1. The summed E-state index contributed by atoms with van der Waals surface area (Å²) < 4.78 is 5.81. The maximum atomic E-state index is 11.3. The molecule has 1 aliphatic heterocycles. The van der Waals surface area contributed by atoms with Crippen molar-refractivity contribution in [2.75, 3.05) is 18.5 Å². The number of benzene rings is 1. The number of carbonyl (C=O) groups excluding carboxylic acids is 1. The van der Waals surface area contributed by atoms with Crippen molar-refractivity contribution in [1.82, 2.24) is 5.32 Å². The first kappa shape index (κ1) is 15.8. The van der Waals surface area contributed by atoms with Crippen molar-refractivity contribution in [2.24, 2.45) is 0 Å². The normalized spacial score (nSPS) is 15.2. The predicted octanol–water partition coefficient (Wildman–Crippen LogP) is 3.12. The number of carbonyl (C=O) groups is 1. The van der Waals surface area contributed by atoms with Gasteiger partial charge in [-0.3, -0.25) is 4.79 Å². The molecule has 0 aromatic heterocycles. The summed E-state index contributed by atoms with van der Waals surface area (Å²) in [5.41, 5.74) is 2.10. The van der Waals surface area contributed by atoms with Crippen molar-refractivity contribution in [3.05, 3.63) is 23.8 Å². The molecule has 1 atom stereocenters. The number of hydrogen-bond donors (Lipinski definition) is 2. The molecule has 2 rings (SSSR count). The first-order chi connectivity index (χ1) is 10.2. The third-order valence-electron chi connectivity index (χ3n) is 3.82. The Bertz CT molecular complexity index is 474. The second kappa shape index (κ2) is 8.03. The molecule has 4 heteroatoms. The largest absolute Gasteiger partial charge is 0.494 e. The Morgan fingerprint density at radius 3 is 3.00 bits per heavy atom. The molecule has 0 spiro atoms. The van der Waals surface area contributed by atoms with Crippen LogP contribution in [0.1, 0.15) is 45.1 Å². The monoisotopic (exact) mass is 290 g/mol. The zero-order chi connectivity index (χ0) is 15.1. The van der Waals surface area contributed by atoms with E-state index in [1.54, 1.807) is 0 Å². The Labute approximate surface area is 127 Å². The SMILES string of the molecule is CCNC(C)CCCCOc1ccc2c(c1)CCC(=O)N2. The smallest absolute Gasteiger partial charge is 0.224 e. The fourth-order valence-electron chi connectivity index (χ4n) is 2.64. The molecule has 0 saturated heterocycles. The predicted molar refractivity (Wildman–Crippen MR) is 85.9 cm³/mol. The van der Waals surface area contributed by atoms with Gasteiger partial charge in [-0.2, -0.15) is 0 Å². The molecule has 4 nitrogen and oxygen atoms in total. The lowest BCUT2D eigenvalue weighted by Gasteiger charge is -2.17. The van der Waals surface area contributed by atoms with E-state index in [-0.39, 0.29) is 5.91 Å². The fraction of sp³-hybridized carbons (Fsp3) is 0.588. The molecule has 0 aliphatic carbocycles. The lowest BCUT2D eigenvalue weighted by atomic mass is 10.0. The Kier molecular flexibility index (Phi) is 6.05. The second-order valence-corrected chi connectivity index (χ2v) is 5.67. The van der Waals surface area contributed by atoms with Gasteiger partial charge < -0.3 is 15.4 Å². The molecular weight excluding hydrogens is 264 g/mol. The molecule has 1 aliphatic rings. The Morgan fingerprint density at radius 1 is 1.33 bits per heavy atom. The molecule has 1 aromatic rings. The van der Waals surface area contributed by atoms with Crippen LogP contribution in [0.3, 0.4) is 0 Å². The van der Waals surface area contributed by atoms with Crippen LogP contribution in [0.5, 0.6) is 5.75 Å².